The summed E-state index contributed by atoms with van der Waals surface area (Å²) in [4.78, 5) is 23.1. The third kappa shape index (κ3) is 4.10. The topological polar surface area (TPSA) is 80.6 Å². The lowest BCUT2D eigenvalue weighted by Crippen LogP contribution is -2.44. The van der Waals surface area contributed by atoms with Crippen LogP contribution in [-0.4, -0.2) is 41.3 Å². The van der Waals surface area contributed by atoms with Crippen molar-refractivity contribution in [1.82, 2.24) is 9.88 Å². The lowest BCUT2D eigenvalue weighted by Gasteiger charge is -2.18. The molecule has 106 valence electrons. The van der Waals surface area contributed by atoms with Crippen LogP contribution in [0.5, 0.6) is 0 Å². The van der Waals surface area contributed by atoms with Gasteiger partial charge in [0.15, 0.2) is 0 Å². The quantitative estimate of drug-likeness (QED) is 0.772. The number of aliphatic carboxylic acids is 1. The highest BCUT2D eigenvalue weighted by Gasteiger charge is 2.24. The first kappa shape index (κ1) is 15.2. The zero-order valence-electron chi connectivity index (χ0n) is 11.4. The highest BCUT2D eigenvalue weighted by Crippen LogP contribution is 2.06. The first-order valence-electron chi connectivity index (χ1n) is 6.15. The van der Waals surface area contributed by atoms with E-state index in [1.165, 1.54) is 0 Å². The molecule has 0 aromatic carbocycles. The molecule has 0 bridgehead atoms. The summed E-state index contributed by atoms with van der Waals surface area (Å²) in [7, 11) is 1.59. The maximum absolute atomic E-state index is 12.1. The Kier molecular flexibility index (Phi) is 5.57. The van der Waals surface area contributed by atoms with Crippen molar-refractivity contribution in [2.75, 3.05) is 13.7 Å². The van der Waals surface area contributed by atoms with Crippen LogP contribution in [0.2, 0.25) is 0 Å². The molecule has 0 radical (unpaired) electrons. The van der Waals surface area contributed by atoms with Gasteiger partial charge in [0.2, 0.25) is 0 Å². The van der Waals surface area contributed by atoms with Gasteiger partial charge in [0.05, 0.1) is 6.61 Å². The van der Waals surface area contributed by atoms with E-state index in [1.807, 2.05) is 0 Å². The SMILES string of the molecule is COCCn1cccc1C(=O)NC(C(=O)O)C(C)C. The molecule has 1 rings (SSSR count). The van der Waals surface area contributed by atoms with Crippen molar-refractivity contribution >= 4 is 11.9 Å². The largest absolute Gasteiger partial charge is 0.480 e. The number of hydrogen-bond acceptors (Lipinski definition) is 3. The molecule has 6 nitrogen and oxygen atoms in total. The van der Waals surface area contributed by atoms with Crippen LogP contribution in [-0.2, 0) is 16.1 Å². The van der Waals surface area contributed by atoms with Crippen molar-refractivity contribution in [2.24, 2.45) is 5.92 Å². The number of carboxylic acid groups (broad SMARTS) is 1. The van der Waals surface area contributed by atoms with E-state index in [9.17, 15) is 9.59 Å². The molecule has 0 saturated heterocycles. The number of carbonyl (C=O) groups excluding carboxylic acids is 1. The third-order valence-electron chi connectivity index (χ3n) is 2.82. The fraction of sp³-hybridized carbons (Fsp3) is 0.538. The second-order valence-electron chi connectivity index (χ2n) is 4.61. The van der Waals surface area contributed by atoms with Gasteiger partial charge in [0.25, 0.3) is 5.91 Å². The predicted octanol–water partition coefficient (Wildman–Crippen LogP) is 0.973. The second-order valence-corrected chi connectivity index (χ2v) is 4.61. The fourth-order valence-corrected chi connectivity index (χ4v) is 1.73. The van der Waals surface area contributed by atoms with E-state index in [1.54, 1.807) is 43.9 Å². The number of ether oxygens (including phenoxy) is 1. The van der Waals surface area contributed by atoms with Gasteiger partial charge in [-0.1, -0.05) is 13.8 Å². The van der Waals surface area contributed by atoms with Crippen molar-refractivity contribution in [2.45, 2.75) is 26.4 Å². The van der Waals surface area contributed by atoms with E-state index in [-0.39, 0.29) is 11.8 Å². The van der Waals surface area contributed by atoms with Gasteiger partial charge in [-0.25, -0.2) is 4.79 Å². The van der Waals surface area contributed by atoms with Crippen molar-refractivity contribution in [3.05, 3.63) is 24.0 Å². The summed E-state index contributed by atoms with van der Waals surface area (Å²) in [6, 6.07) is 2.51. The van der Waals surface area contributed by atoms with Gasteiger partial charge in [-0.05, 0) is 18.1 Å². The standard InChI is InChI=1S/C13H20N2O4/c1-9(2)11(13(17)18)14-12(16)10-5-4-6-15(10)7-8-19-3/h4-6,9,11H,7-8H2,1-3H3,(H,14,16)(H,17,18). The average Bonchev–Trinajstić information content (AvgIpc) is 2.80. The normalized spacial score (nSPS) is 12.4. The smallest absolute Gasteiger partial charge is 0.326 e. The monoisotopic (exact) mass is 268 g/mol. The van der Waals surface area contributed by atoms with Crippen molar-refractivity contribution < 1.29 is 19.4 Å². The summed E-state index contributed by atoms with van der Waals surface area (Å²) in [5.41, 5.74) is 0.434. The van der Waals surface area contributed by atoms with Crippen LogP contribution in [0.25, 0.3) is 0 Å². The Labute approximate surface area is 112 Å². The Balaban J connectivity index is 2.77. The van der Waals surface area contributed by atoms with Crippen LogP contribution >= 0.6 is 0 Å². The minimum Gasteiger partial charge on any atom is -0.480 e. The molecule has 0 saturated carbocycles. The molecule has 1 aromatic rings. The zero-order valence-corrected chi connectivity index (χ0v) is 11.4. The van der Waals surface area contributed by atoms with Crippen molar-refractivity contribution in [3.63, 3.8) is 0 Å². The summed E-state index contributed by atoms with van der Waals surface area (Å²) < 4.78 is 6.69. The number of amides is 1. The number of nitrogens with zero attached hydrogens (tertiary/aromatic N) is 1. The highest BCUT2D eigenvalue weighted by atomic mass is 16.5. The molecule has 1 aromatic heterocycles. The summed E-state index contributed by atoms with van der Waals surface area (Å²) in [5, 5.41) is 11.6. The summed E-state index contributed by atoms with van der Waals surface area (Å²) in [6.07, 6.45) is 1.76. The molecule has 1 unspecified atom stereocenters. The predicted molar refractivity (Wildman–Crippen MR) is 70.0 cm³/mol. The van der Waals surface area contributed by atoms with E-state index in [0.29, 0.717) is 18.8 Å². The van der Waals surface area contributed by atoms with Gasteiger partial charge in [-0.15, -0.1) is 0 Å². The van der Waals surface area contributed by atoms with Crippen molar-refractivity contribution in [3.8, 4) is 0 Å². The van der Waals surface area contributed by atoms with Gasteiger partial charge >= 0.3 is 5.97 Å². The molecular formula is C13H20N2O4. The van der Waals surface area contributed by atoms with Gasteiger partial charge < -0.3 is 19.7 Å². The van der Waals surface area contributed by atoms with Crippen LogP contribution in [0.15, 0.2) is 18.3 Å². The van der Waals surface area contributed by atoms with Gasteiger partial charge in [0.1, 0.15) is 11.7 Å². The van der Waals surface area contributed by atoms with Crippen LogP contribution in [0, 0.1) is 5.92 Å². The van der Waals surface area contributed by atoms with Gasteiger partial charge in [0, 0.05) is 19.9 Å². The second kappa shape index (κ2) is 6.94. The zero-order chi connectivity index (χ0) is 14.4. The molecule has 2 N–H and O–H groups in total. The van der Waals surface area contributed by atoms with E-state index in [0.717, 1.165) is 0 Å². The van der Waals surface area contributed by atoms with Gasteiger partial charge in [-0.3, -0.25) is 4.79 Å². The molecule has 6 heteroatoms. The number of rotatable bonds is 7. The molecule has 1 atom stereocenters. The number of hydrogen-bond donors (Lipinski definition) is 2. The number of carbonyl (C=O) groups is 2. The third-order valence-corrected chi connectivity index (χ3v) is 2.82. The Hall–Kier alpha value is -1.82. The minimum atomic E-state index is -1.03. The fourth-order valence-electron chi connectivity index (χ4n) is 1.73. The molecule has 0 aliphatic rings. The molecule has 0 spiro atoms. The average molecular weight is 268 g/mol. The van der Waals surface area contributed by atoms with Crippen LogP contribution in [0.4, 0.5) is 0 Å². The van der Waals surface area contributed by atoms with E-state index >= 15 is 0 Å². The van der Waals surface area contributed by atoms with E-state index in [2.05, 4.69) is 5.32 Å². The maximum atomic E-state index is 12.1. The maximum Gasteiger partial charge on any atom is 0.326 e. The molecular weight excluding hydrogens is 248 g/mol. The lowest BCUT2D eigenvalue weighted by molar-refractivity contribution is -0.140. The molecule has 19 heavy (non-hydrogen) atoms. The first-order valence-corrected chi connectivity index (χ1v) is 6.15. The minimum absolute atomic E-state index is 0.177. The highest BCUT2D eigenvalue weighted by molar-refractivity contribution is 5.95. The molecule has 0 aliphatic carbocycles. The first-order chi connectivity index (χ1) is 8.97. The molecule has 1 amide bonds. The number of nitrogens with one attached hydrogen (secondary N) is 1. The van der Waals surface area contributed by atoms with Crippen molar-refractivity contribution in [1.29, 1.82) is 0 Å². The van der Waals surface area contributed by atoms with Crippen LogP contribution in [0.3, 0.4) is 0 Å². The molecule has 0 fully saturated rings. The Morgan fingerprint density at radius 3 is 2.68 bits per heavy atom. The molecule has 0 aliphatic heterocycles. The summed E-state index contributed by atoms with van der Waals surface area (Å²) in [6.45, 7) is 4.54. The Bertz CT molecular complexity index is 440. The molecule has 1 heterocycles. The Morgan fingerprint density at radius 2 is 2.16 bits per heavy atom. The van der Waals surface area contributed by atoms with E-state index in [4.69, 9.17) is 9.84 Å². The summed E-state index contributed by atoms with van der Waals surface area (Å²) in [5.74, 6) is -1.59. The Morgan fingerprint density at radius 1 is 1.47 bits per heavy atom. The van der Waals surface area contributed by atoms with Crippen LogP contribution in [0.1, 0.15) is 24.3 Å². The number of aromatic nitrogens is 1. The lowest BCUT2D eigenvalue weighted by atomic mass is 10.0. The number of methoxy groups -OCH3 is 1. The van der Waals surface area contributed by atoms with Crippen LogP contribution < -0.4 is 5.32 Å². The van der Waals surface area contributed by atoms with E-state index < -0.39 is 12.0 Å². The summed E-state index contributed by atoms with van der Waals surface area (Å²) >= 11 is 0. The van der Waals surface area contributed by atoms with Gasteiger partial charge in [-0.2, -0.15) is 0 Å². The number of carboxylic acids is 1.